The van der Waals surface area contributed by atoms with Crippen LogP contribution in [0, 0.1) is 0 Å². The fourth-order valence-corrected chi connectivity index (χ4v) is 0.671. The lowest BCUT2D eigenvalue weighted by atomic mass is 10.2. The van der Waals surface area contributed by atoms with E-state index >= 15 is 0 Å². The van der Waals surface area contributed by atoms with Crippen molar-refractivity contribution in [3.8, 4) is 0 Å². The predicted molar refractivity (Wildman–Crippen MR) is 30.6 cm³/mol. The molecule has 0 aromatic rings. The SMILES string of the molecule is NNC1=COCCC1. The van der Waals surface area contributed by atoms with Gasteiger partial charge in [0.05, 0.1) is 12.3 Å². The van der Waals surface area contributed by atoms with Crippen molar-refractivity contribution < 1.29 is 4.74 Å². The van der Waals surface area contributed by atoms with Crippen LogP contribution in [0.4, 0.5) is 0 Å². The molecule has 3 nitrogen and oxygen atoms in total. The van der Waals surface area contributed by atoms with Gasteiger partial charge >= 0.3 is 0 Å². The van der Waals surface area contributed by atoms with Gasteiger partial charge < -0.3 is 10.2 Å². The number of allylic oxidation sites excluding steroid dienone is 1. The van der Waals surface area contributed by atoms with Crippen LogP contribution in [0.3, 0.4) is 0 Å². The molecule has 3 heteroatoms. The standard InChI is InChI=1S/C5H10N2O/c6-7-5-2-1-3-8-4-5/h4,7H,1-3,6H2. The third-order valence-electron chi connectivity index (χ3n) is 1.12. The van der Waals surface area contributed by atoms with Crippen molar-refractivity contribution in [2.24, 2.45) is 5.84 Å². The van der Waals surface area contributed by atoms with Crippen LogP contribution in [0.15, 0.2) is 12.0 Å². The summed E-state index contributed by atoms with van der Waals surface area (Å²) in [6.07, 6.45) is 3.75. The van der Waals surface area contributed by atoms with E-state index in [9.17, 15) is 0 Å². The molecule has 1 aliphatic rings. The molecule has 0 saturated heterocycles. The largest absolute Gasteiger partial charge is 0.499 e. The summed E-state index contributed by atoms with van der Waals surface area (Å²) in [6, 6.07) is 0. The van der Waals surface area contributed by atoms with Gasteiger partial charge in [-0.3, -0.25) is 5.84 Å². The lowest BCUT2D eigenvalue weighted by Crippen LogP contribution is -2.23. The molecule has 0 spiro atoms. The highest BCUT2D eigenvalue weighted by molar-refractivity contribution is 4.95. The van der Waals surface area contributed by atoms with Crippen LogP contribution in [0.2, 0.25) is 0 Å². The lowest BCUT2D eigenvalue weighted by molar-refractivity contribution is 0.221. The van der Waals surface area contributed by atoms with E-state index in [0.717, 1.165) is 25.1 Å². The number of rotatable bonds is 1. The Labute approximate surface area is 48.5 Å². The van der Waals surface area contributed by atoms with Crippen molar-refractivity contribution in [1.82, 2.24) is 5.43 Å². The summed E-state index contributed by atoms with van der Waals surface area (Å²) in [5.74, 6) is 5.10. The molecule has 8 heavy (non-hydrogen) atoms. The zero-order valence-corrected chi connectivity index (χ0v) is 4.68. The Kier molecular flexibility index (Phi) is 1.75. The molecule has 0 unspecified atom stereocenters. The minimum absolute atomic E-state index is 0.825. The fraction of sp³-hybridized carbons (Fsp3) is 0.600. The first-order valence-corrected chi connectivity index (χ1v) is 2.71. The molecular weight excluding hydrogens is 104 g/mol. The van der Waals surface area contributed by atoms with Gasteiger partial charge in [-0.15, -0.1) is 0 Å². The molecule has 1 rings (SSSR count). The lowest BCUT2D eigenvalue weighted by Gasteiger charge is -2.11. The molecule has 0 radical (unpaired) electrons. The first-order valence-electron chi connectivity index (χ1n) is 2.71. The molecule has 0 saturated carbocycles. The monoisotopic (exact) mass is 114 g/mol. The van der Waals surface area contributed by atoms with Gasteiger partial charge in [0.2, 0.25) is 0 Å². The summed E-state index contributed by atoms with van der Waals surface area (Å²) in [5, 5.41) is 0. The molecule has 3 N–H and O–H groups in total. The van der Waals surface area contributed by atoms with E-state index in [-0.39, 0.29) is 0 Å². The summed E-state index contributed by atoms with van der Waals surface area (Å²) >= 11 is 0. The molecule has 0 fully saturated rings. The summed E-state index contributed by atoms with van der Waals surface area (Å²) in [4.78, 5) is 0. The average Bonchev–Trinajstić information content (AvgIpc) is 1.90. The van der Waals surface area contributed by atoms with Crippen LogP contribution in [-0.2, 0) is 4.74 Å². The quantitative estimate of drug-likeness (QED) is 0.375. The van der Waals surface area contributed by atoms with Crippen LogP contribution in [0.1, 0.15) is 12.8 Å². The van der Waals surface area contributed by atoms with Gasteiger partial charge in [0, 0.05) is 0 Å². The summed E-state index contributed by atoms with van der Waals surface area (Å²) in [6.45, 7) is 0.825. The zero-order chi connectivity index (χ0) is 5.82. The average molecular weight is 114 g/mol. The Morgan fingerprint density at radius 3 is 3.00 bits per heavy atom. The number of hydrazine groups is 1. The minimum atomic E-state index is 0.825. The molecule has 1 aliphatic heterocycles. The van der Waals surface area contributed by atoms with E-state index in [1.165, 1.54) is 0 Å². The Morgan fingerprint density at radius 2 is 2.62 bits per heavy atom. The third kappa shape index (κ3) is 1.13. The maximum absolute atomic E-state index is 5.10. The molecule has 0 bridgehead atoms. The number of nitrogens with two attached hydrogens (primary N) is 1. The van der Waals surface area contributed by atoms with E-state index in [4.69, 9.17) is 10.6 Å². The number of hydrogen-bond donors (Lipinski definition) is 2. The van der Waals surface area contributed by atoms with Crippen LogP contribution in [0.5, 0.6) is 0 Å². The highest BCUT2D eigenvalue weighted by Crippen LogP contribution is 2.06. The van der Waals surface area contributed by atoms with Crippen molar-refractivity contribution in [2.75, 3.05) is 6.61 Å². The van der Waals surface area contributed by atoms with Gasteiger partial charge in [-0.05, 0) is 12.8 Å². The van der Waals surface area contributed by atoms with Crippen molar-refractivity contribution in [3.63, 3.8) is 0 Å². The van der Waals surface area contributed by atoms with Gasteiger partial charge in [0.25, 0.3) is 0 Å². The van der Waals surface area contributed by atoms with Crippen molar-refractivity contribution in [2.45, 2.75) is 12.8 Å². The fourth-order valence-electron chi connectivity index (χ4n) is 0.671. The maximum Gasteiger partial charge on any atom is 0.103 e. The van der Waals surface area contributed by atoms with Crippen LogP contribution >= 0.6 is 0 Å². The van der Waals surface area contributed by atoms with Gasteiger partial charge in [-0.25, -0.2) is 0 Å². The van der Waals surface area contributed by atoms with Gasteiger partial charge in [0.15, 0.2) is 0 Å². The second-order valence-corrected chi connectivity index (χ2v) is 1.76. The number of ether oxygens (including phenoxy) is 1. The topological polar surface area (TPSA) is 47.3 Å². The second kappa shape index (κ2) is 2.57. The smallest absolute Gasteiger partial charge is 0.103 e. The zero-order valence-electron chi connectivity index (χ0n) is 4.68. The van der Waals surface area contributed by atoms with Gasteiger partial charge in [-0.2, -0.15) is 0 Å². The molecule has 0 amide bonds. The molecule has 46 valence electrons. The van der Waals surface area contributed by atoms with Crippen molar-refractivity contribution in [3.05, 3.63) is 12.0 Å². The van der Waals surface area contributed by atoms with Gasteiger partial charge in [0.1, 0.15) is 6.26 Å². The van der Waals surface area contributed by atoms with E-state index in [0.29, 0.717) is 0 Å². The number of hydrogen-bond acceptors (Lipinski definition) is 3. The Balaban J connectivity index is 2.37. The molecule has 0 aromatic carbocycles. The normalized spacial score (nSPS) is 18.9. The first kappa shape index (κ1) is 5.44. The third-order valence-corrected chi connectivity index (χ3v) is 1.12. The summed E-state index contributed by atoms with van der Waals surface area (Å²) < 4.78 is 4.97. The molecular formula is C5H10N2O. The Bertz CT molecular complexity index is 101. The van der Waals surface area contributed by atoms with Crippen molar-refractivity contribution in [1.29, 1.82) is 0 Å². The van der Waals surface area contributed by atoms with Gasteiger partial charge in [-0.1, -0.05) is 0 Å². The van der Waals surface area contributed by atoms with Crippen LogP contribution in [-0.4, -0.2) is 6.61 Å². The summed E-state index contributed by atoms with van der Waals surface area (Å²) in [5.41, 5.74) is 3.52. The number of nitrogens with one attached hydrogen (secondary N) is 1. The highest BCUT2D eigenvalue weighted by Gasteiger charge is 1.99. The van der Waals surface area contributed by atoms with E-state index in [1.807, 2.05) is 0 Å². The van der Waals surface area contributed by atoms with Crippen molar-refractivity contribution >= 4 is 0 Å². The predicted octanol–water partition coefficient (Wildman–Crippen LogP) is 0.101. The molecule has 0 atom stereocenters. The Hall–Kier alpha value is -0.700. The summed E-state index contributed by atoms with van der Waals surface area (Å²) in [7, 11) is 0. The Morgan fingerprint density at radius 1 is 1.75 bits per heavy atom. The van der Waals surface area contributed by atoms with E-state index in [2.05, 4.69) is 5.43 Å². The molecule has 1 heterocycles. The van der Waals surface area contributed by atoms with E-state index < -0.39 is 0 Å². The molecule has 0 aliphatic carbocycles. The second-order valence-electron chi connectivity index (χ2n) is 1.76. The minimum Gasteiger partial charge on any atom is -0.499 e. The van der Waals surface area contributed by atoms with Crippen LogP contribution in [0.25, 0.3) is 0 Å². The maximum atomic E-state index is 5.10. The van der Waals surface area contributed by atoms with E-state index in [1.54, 1.807) is 6.26 Å². The molecule has 0 aromatic heterocycles. The first-order chi connectivity index (χ1) is 3.93. The highest BCUT2D eigenvalue weighted by atomic mass is 16.5. The van der Waals surface area contributed by atoms with Crippen LogP contribution < -0.4 is 11.3 Å².